The monoisotopic (exact) mass is 178 g/mol. The second-order valence-corrected chi connectivity index (χ2v) is 5.24. The molecule has 0 aliphatic carbocycles. The molecule has 0 aliphatic rings. The van der Waals surface area contributed by atoms with Crippen molar-refractivity contribution in [2.24, 2.45) is 5.41 Å². The molecule has 0 aromatic carbocycles. The molecule has 0 amide bonds. The number of hydrogen-bond acceptors (Lipinski definition) is 2. The first-order valence-corrected chi connectivity index (χ1v) is 5.28. The molecular formula is C7H16NO2S. The summed E-state index contributed by atoms with van der Waals surface area (Å²) in [6.07, 6.45) is 0.849. The summed E-state index contributed by atoms with van der Waals surface area (Å²) in [5.41, 5.74) is -0.154. The molecule has 0 N–H and O–H groups in total. The van der Waals surface area contributed by atoms with Crippen molar-refractivity contribution in [1.82, 2.24) is 4.72 Å². The Balaban J connectivity index is 4.26. The third kappa shape index (κ3) is 4.37. The molecule has 0 saturated heterocycles. The molecule has 0 atom stereocenters. The molecule has 11 heavy (non-hydrogen) atoms. The molecule has 3 nitrogen and oxygen atoms in total. The Morgan fingerprint density at radius 1 is 1.36 bits per heavy atom. The first-order valence-electron chi connectivity index (χ1n) is 3.67. The van der Waals surface area contributed by atoms with Crippen molar-refractivity contribution < 1.29 is 8.42 Å². The third-order valence-electron chi connectivity index (χ3n) is 1.81. The highest BCUT2D eigenvalue weighted by Gasteiger charge is 2.23. The Bertz CT molecular complexity index is 206. The molecule has 0 aromatic heterocycles. The average molecular weight is 178 g/mol. The van der Waals surface area contributed by atoms with Gasteiger partial charge in [-0.15, -0.1) is 4.72 Å². The number of hydrogen-bond donors (Lipinski definition) is 0. The third-order valence-corrected chi connectivity index (χ3v) is 3.51. The lowest BCUT2D eigenvalue weighted by atomic mass is 9.93. The molecule has 0 spiro atoms. The van der Waals surface area contributed by atoms with Crippen molar-refractivity contribution in [1.29, 1.82) is 0 Å². The van der Waals surface area contributed by atoms with Crippen LogP contribution < -0.4 is 4.72 Å². The van der Waals surface area contributed by atoms with Gasteiger partial charge < -0.3 is 0 Å². The van der Waals surface area contributed by atoms with Gasteiger partial charge in [-0.3, -0.25) is 0 Å². The second kappa shape index (κ2) is 3.54. The van der Waals surface area contributed by atoms with Gasteiger partial charge in [0, 0.05) is 7.05 Å². The summed E-state index contributed by atoms with van der Waals surface area (Å²) in [7, 11) is -1.84. The van der Waals surface area contributed by atoms with Gasteiger partial charge in [0.2, 0.25) is 10.0 Å². The Kier molecular flexibility index (Phi) is 3.51. The molecule has 0 aliphatic heterocycles. The molecule has 0 unspecified atom stereocenters. The lowest BCUT2D eigenvalue weighted by Crippen LogP contribution is -2.27. The molecule has 4 heteroatoms. The fraction of sp³-hybridized carbons (Fsp3) is 1.00. The van der Waals surface area contributed by atoms with Crippen molar-refractivity contribution in [2.45, 2.75) is 27.2 Å². The topological polar surface area (TPSA) is 48.2 Å². The first-order chi connectivity index (χ1) is 4.83. The van der Waals surface area contributed by atoms with E-state index in [2.05, 4.69) is 4.72 Å². The van der Waals surface area contributed by atoms with E-state index in [0.29, 0.717) is 0 Å². The van der Waals surface area contributed by atoms with E-state index in [0.717, 1.165) is 6.42 Å². The van der Waals surface area contributed by atoms with Crippen LogP contribution in [0.3, 0.4) is 0 Å². The summed E-state index contributed by atoms with van der Waals surface area (Å²) in [6, 6.07) is 0. The fourth-order valence-electron chi connectivity index (χ4n) is 0.660. The maximum atomic E-state index is 11.0. The van der Waals surface area contributed by atoms with Crippen LogP contribution in [0.25, 0.3) is 0 Å². The molecular weight excluding hydrogens is 162 g/mol. The highest BCUT2D eigenvalue weighted by atomic mass is 32.2. The van der Waals surface area contributed by atoms with Gasteiger partial charge in [-0.25, -0.2) is 8.42 Å². The molecule has 67 valence electrons. The molecule has 0 saturated carbocycles. The van der Waals surface area contributed by atoms with E-state index in [1.165, 1.54) is 7.05 Å². The molecule has 0 bridgehead atoms. The first kappa shape index (κ1) is 10.9. The smallest absolute Gasteiger partial charge is 0.211 e. The van der Waals surface area contributed by atoms with Crippen LogP contribution in [-0.2, 0) is 10.0 Å². The van der Waals surface area contributed by atoms with Crippen LogP contribution in [0, 0.1) is 5.41 Å². The summed E-state index contributed by atoms with van der Waals surface area (Å²) in [5.74, 6) is 0.146. The van der Waals surface area contributed by atoms with E-state index in [9.17, 15) is 8.42 Å². The van der Waals surface area contributed by atoms with E-state index < -0.39 is 10.0 Å². The molecule has 0 rings (SSSR count). The number of sulfonamides is 1. The van der Waals surface area contributed by atoms with Crippen LogP contribution in [0.5, 0.6) is 0 Å². The molecule has 0 fully saturated rings. The summed E-state index contributed by atoms with van der Waals surface area (Å²) in [6.45, 7) is 5.83. The quantitative estimate of drug-likeness (QED) is 0.644. The van der Waals surface area contributed by atoms with Crippen molar-refractivity contribution in [3.63, 3.8) is 0 Å². The summed E-state index contributed by atoms with van der Waals surface area (Å²) in [4.78, 5) is 0. The Morgan fingerprint density at radius 3 is 2.09 bits per heavy atom. The number of nitrogens with zero attached hydrogens (tertiary/aromatic N) is 1. The Morgan fingerprint density at radius 2 is 1.82 bits per heavy atom. The van der Waals surface area contributed by atoms with Crippen LogP contribution in [0.4, 0.5) is 0 Å². The van der Waals surface area contributed by atoms with Crippen molar-refractivity contribution in [3.8, 4) is 0 Å². The minimum Gasteiger partial charge on any atom is -0.211 e. The van der Waals surface area contributed by atoms with E-state index in [4.69, 9.17) is 0 Å². The van der Waals surface area contributed by atoms with E-state index in [1.807, 2.05) is 20.8 Å². The zero-order valence-corrected chi connectivity index (χ0v) is 8.40. The Hall–Kier alpha value is -0.0900. The molecule has 1 radical (unpaired) electrons. The highest BCUT2D eigenvalue weighted by Crippen LogP contribution is 2.21. The predicted octanol–water partition coefficient (Wildman–Crippen LogP) is 0.987. The van der Waals surface area contributed by atoms with E-state index in [1.54, 1.807) is 0 Å². The van der Waals surface area contributed by atoms with Crippen LogP contribution in [-0.4, -0.2) is 21.2 Å². The van der Waals surface area contributed by atoms with Gasteiger partial charge >= 0.3 is 0 Å². The molecule has 0 aromatic rings. The maximum Gasteiger partial charge on any atom is 0.228 e. The largest absolute Gasteiger partial charge is 0.228 e. The lowest BCUT2D eigenvalue weighted by Gasteiger charge is -2.20. The minimum absolute atomic E-state index is 0.146. The predicted molar refractivity (Wildman–Crippen MR) is 45.9 cm³/mol. The zero-order valence-electron chi connectivity index (χ0n) is 7.59. The summed E-state index contributed by atoms with van der Waals surface area (Å²) in [5, 5.41) is 0. The van der Waals surface area contributed by atoms with Gasteiger partial charge in [0.1, 0.15) is 0 Å². The van der Waals surface area contributed by atoms with E-state index in [-0.39, 0.29) is 11.2 Å². The van der Waals surface area contributed by atoms with E-state index >= 15 is 0 Å². The summed E-state index contributed by atoms with van der Waals surface area (Å²) >= 11 is 0. The maximum absolute atomic E-state index is 11.0. The lowest BCUT2D eigenvalue weighted by molar-refractivity contribution is 0.395. The van der Waals surface area contributed by atoms with Crippen LogP contribution in [0.15, 0.2) is 0 Å². The van der Waals surface area contributed by atoms with Gasteiger partial charge in [-0.05, 0) is 11.8 Å². The van der Waals surface area contributed by atoms with Crippen molar-refractivity contribution in [2.75, 3.05) is 12.8 Å². The molecule has 0 heterocycles. The zero-order chi connectivity index (χ0) is 9.12. The van der Waals surface area contributed by atoms with Gasteiger partial charge in [-0.1, -0.05) is 20.8 Å². The fourth-order valence-corrected chi connectivity index (χ4v) is 1.98. The second-order valence-electron chi connectivity index (χ2n) is 3.43. The van der Waals surface area contributed by atoms with Crippen molar-refractivity contribution >= 4 is 10.0 Å². The van der Waals surface area contributed by atoms with Gasteiger partial charge in [0.15, 0.2) is 0 Å². The van der Waals surface area contributed by atoms with Crippen LogP contribution >= 0.6 is 0 Å². The minimum atomic E-state index is -3.16. The average Bonchev–Trinajstić information content (AvgIpc) is 1.86. The SMILES string of the molecule is CCC(C)(C)CS(=O)(=O)[N]C. The highest BCUT2D eigenvalue weighted by molar-refractivity contribution is 7.89. The van der Waals surface area contributed by atoms with Gasteiger partial charge in [-0.2, -0.15) is 0 Å². The van der Waals surface area contributed by atoms with Gasteiger partial charge in [0.25, 0.3) is 0 Å². The van der Waals surface area contributed by atoms with Crippen LogP contribution in [0.1, 0.15) is 27.2 Å². The standard InChI is InChI=1S/C7H16NO2S/c1-5-7(2,3)6-11(9,10)8-4/h5-6H2,1-4H3. The van der Waals surface area contributed by atoms with Crippen LogP contribution in [0.2, 0.25) is 0 Å². The number of rotatable bonds is 4. The summed E-state index contributed by atoms with van der Waals surface area (Å²) < 4.78 is 25.3. The van der Waals surface area contributed by atoms with Gasteiger partial charge in [0.05, 0.1) is 5.75 Å². The van der Waals surface area contributed by atoms with Crippen molar-refractivity contribution in [3.05, 3.63) is 0 Å². The normalized spacial score (nSPS) is 13.5. The Labute approximate surface area is 69.2 Å².